The van der Waals surface area contributed by atoms with Gasteiger partial charge in [-0.25, -0.2) is 28.7 Å². The molecule has 0 spiro atoms. The van der Waals surface area contributed by atoms with Crippen molar-refractivity contribution >= 4 is 11.9 Å². The molecule has 1 aliphatic heterocycles. The first-order valence-corrected chi connectivity index (χ1v) is 10.9. The predicted molar refractivity (Wildman–Crippen MR) is 116 cm³/mol. The molecule has 1 amide bonds. The molecular formula is C23H21F5N6O. The number of likely N-dealkylation sites (tertiary alicyclic amines) is 1. The molecule has 12 heteroatoms. The Bertz CT molecular complexity index is 1190. The second kappa shape index (κ2) is 9.88. The Labute approximate surface area is 197 Å². The third-order valence-corrected chi connectivity index (χ3v) is 5.90. The van der Waals surface area contributed by atoms with Crippen LogP contribution in [0.25, 0.3) is 11.4 Å². The number of amides is 1. The minimum absolute atomic E-state index is 0.00661. The Kier molecular flexibility index (Phi) is 6.90. The SMILES string of the molecule is CC1CCCN(C(=O)c2c(F)cc(F)cc2-c2ncccn2)C1CNc1ncc(C(F)(F)F)cn1. The molecule has 1 N–H and O–H groups in total. The molecular weight excluding hydrogens is 471 g/mol. The summed E-state index contributed by atoms with van der Waals surface area (Å²) in [6.07, 6.45) is 1.03. The number of alkyl halides is 3. The van der Waals surface area contributed by atoms with Crippen molar-refractivity contribution in [3.05, 3.63) is 65.7 Å². The predicted octanol–water partition coefficient (Wildman–Crippen LogP) is 4.58. The molecule has 2 atom stereocenters. The van der Waals surface area contributed by atoms with Crippen molar-refractivity contribution in [3.63, 3.8) is 0 Å². The molecule has 0 radical (unpaired) electrons. The topological polar surface area (TPSA) is 83.9 Å². The maximum absolute atomic E-state index is 14.9. The number of carbonyl (C=O) groups is 1. The first-order valence-electron chi connectivity index (χ1n) is 10.9. The van der Waals surface area contributed by atoms with Crippen LogP contribution in [0.1, 0.15) is 35.7 Å². The van der Waals surface area contributed by atoms with Crippen LogP contribution in [0.2, 0.25) is 0 Å². The van der Waals surface area contributed by atoms with E-state index in [-0.39, 0.29) is 35.4 Å². The van der Waals surface area contributed by atoms with Gasteiger partial charge in [0.05, 0.1) is 17.2 Å². The summed E-state index contributed by atoms with van der Waals surface area (Å²) < 4.78 is 67.2. The Balaban J connectivity index is 1.60. The van der Waals surface area contributed by atoms with Gasteiger partial charge in [0.2, 0.25) is 5.95 Å². The summed E-state index contributed by atoms with van der Waals surface area (Å²) in [6.45, 7) is 2.36. The van der Waals surface area contributed by atoms with Crippen LogP contribution in [-0.2, 0) is 6.18 Å². The average Bonchev–Trinajstić information content (AvgIpc) is 2.82. The number of rotatable bonds is 5. The molecule has 1 fully saturated rings. The highest BCUT2D eigenvalue weighted by Gasteiger charge is 2.35. The molecule has 4 rings (SSSR count). The van der Waals surface area contributed by atoms with Gasteiger partial charge in [0.25, 0.3) is 5.91 Å². The highest BCUT2D eigenvalue weighted by atomic mass is 19.4. The van der Waals surface area contributed by atoms with Gasteiger partial charge < -0.3 is 10.2 Å². The van der Waals surface area contributed by atoms with Crippen LogP contribution in [0, 0.1) is 17.6 Å². The minimum atomic E-state index is -4.56. The smallest absolute Gasteiger partial charge is 0.352 e. The Morgan fingerprint density at radius 2 is 1.80 bits per heavy atom. The summed E-state index contributed by atoms with van der Waals surface area (Å²) in [5, 5.41) is 2.87. The molecule has 3 aromatic rings. The first kappa shape index (κ1) is 24.4. The van der Waals surface area contributed by atoms with Crippen molar-refractivity contribution < 1.29 is 26.7 Å². The third kappa shape index (κ3) is 5.36. The monoisotopic (exact) mass is 492 g/mol. The van der Waals surface area contributed by atoms with Gasteiger partial charge in [-0.05, 0) is 30.9 Å². The van der Waals surface area contributed by atoms with Gasteiger partial charge in [-0.1, -0.05) is 6.92 Å². The van der Waals surface area contributed by atoms with E-state index in [1.807, 2.05) is 6.92 Å². The van der Waals surface area contributed by atoms with Crippen molar-refractivity contribution in [3.8, 4) is 11.4 Å². The molecule has 3 heterocycles. The molecule has 35 heavy (non-hydrogen) atoms. The molecule has 2 aromatic heterocycles. The molecule has 1 aromatic carbocycles. The van der Waals surface area contributed by atoms with Gasteiger partial charge in [0.1, 0.15) is 11.6 Å². The number of carbonyl (C=O) groups excluding carboxylic acids is 1. The molecule has 0 saturated carbocycles. The van der Waals surface area contributed by atoms with E-state index in [2.05, 4.69) is 25.3 Å². The van der Waals surface area contributed by atoms with Crippen LogP contribution < -0.4 is 5.32 Å². The molecule has 7 nitrogen and oxygen atoms in total. The lowest BCUT2D eigenvalue weighted by Crippen LogP contribution is -2.51. The quantitative estimate of drug-likeness (QED) is 0.525. The summed E-state index contributed by atoms with van der Waals surface area (Å²) in [7, 11) is 0. The molecule has 0 aliphatic carbocycles. The number of anilines is 1. The van der Waals surface area contributed by atoms with E-state index in [4.69, 9.17) is 0 Å². The highest BCUT2D eigenvalue weighted by Crippen LogP contribution is 2.31. The Morgan fingerprint density at radius 1 is 1.11 bits per heavy atom. The lowest BCUT2D eigenvalue weighted by Gasteiger charge is -2.40. The molecule has 2 unspecified atom stereocenters. The van der Waals surface area contributed by atoms with Crippen molar-refractivity contribution in [2.45, 2.75) is 32.0 Å². The maximum Gasteiger partial charge on any atom is 0.419 e. The average molecular weight is 492 g/mol. The summed E-state index contributed by atoms with van der Waals surface area (Å²) in [6, 6.07) is 2.74. The van der Waals surface area contributed by atoms with Gasteiger partial charge in [-0.15, -0.1) is 0 Å². The van der Waals surface area contributed by atoms with E-state index >= 15 is 0 Å². The number of piperidine rings is 1. The third-order valence-electron chi connectivity index (χ3n) is 5.90. The van der Waals surface area contributed by atoms with Crippen LogP contribution in [0.4, 0.5) is 27.9 Å². The van der Waals surface area contributed by atoms with Crippen molar-refractivity contribution in [2.24, 2.45) is 5.92 Å². The van der Waals surface area contributed by atoms with Crippen LogP contribution in [0.5, 0.6) is 0 Å². The van der Waals surface area contributed by atoms with Crippen molar-refractivity contribution in [1.29, 1.82) is 0 Å². The zero-order valence-electron chi connectivity index (χ0n) is 18.6. The normalized spacial score (nSPS) is 18.4. The fourth-order valence-corrected chi connectivity index (χ4v) is 4.12. The number of aromatic nitrogens is 4. The molecule has 1 saturated heterocycles. The van der Waals surface area contributed by atoms with Gasteiger partial charge in [-0.2, -0.15) is 13.2 Å². The minimum Gasteiger partial charge on any atom is -0.352 e. The van der Waals surface area contributed by atoms with Gasteiger partial charge in [0, 0.05) is 49.5 Å². The van der Waals surface area contributed by atoms with Gasteiger partial charge >= 0.3 is 6.18 Å². The van der Waals surface area contributed by atoms with E-state index in [0.717, 1.165) is 12.5 Å². The summed E-state index contributed by atoms with van der Waals surface area (Å²) in [5.41, 5.74) is -1.39. The van der Waals surface area contributed by atoms with Crippen LogP contribution in [-0.4, -0.2) is 49.9 Å². The van der Waals surface area contributed by atoms with Gasteiger partial charge in [0.15, 0.2) is 5.82 Å². The summed E-state index contributed by atoms with van der Waals surface area (Å²) >= 11 is 0. The zero-order valence-corrected chi connectivity index (χ0v) is 18.6. The number of hydrogen-bond donors (Lipinski definition) is 1. The largest absolute Gasteiger partial charge is 0.419 e. The molecule has 184 valence electrons. The molecule has 0 bridgehead atoms. The zero-order chi connectivity index (χ0) is 25.2. The number of hydrogen-bond acceptors (Lipinski definition) is 6. The fourth-order valence-electron chi connectivity index (χ4n) is 4.12. The number of nitrogens with zero attached hydrogens (tertiary/aromatic N) is 5. The number of benzene rings is 1. The van der Waals surface area contributed by atoms with Crippen molar-refractivity contribution in [1.82, 2.24) is 24.8 Å². The van der Waals surface area contributed by atoms with E-state index in [0.29, 0.717) is 31.4 Å². The maximum atomic E-state index is 14.9. The summed E-state index contributed by atoms with van der Waals surface area (Å²) in [4.78, 5) is 30.5. The lowest BCUT2D eigenvalue weighted by molar-refractivity contribution is -0.138. The van der Waals surface area contributed by atoms with Gasteiger partial charge in [-0.3, -0.25) is 4.79 Å². The number of nitrogens with one attached hydrogen (secondary N) is 1. The van der Waals surface area contributed by atoms with E-state index < -0.39 is 35.3 Å². The van der Waals surface area contributed by atoms with Crippen LogP contribution in [0.3, 0.4) is 0 Å². The Morgan fingerprint density at radius 3 is 2.46 bits per heavy atom. The van der Waals surface area contributed by atoms with E-state index in [1.54, 1.807) is 0 Å². The highest BCUT2D eigenvalue weighted by molar-refractivity contribution is 6.00. The fraction of sp³-hybridized carbons (Fsp3) is 0.348. The lowest BCUT2D eigenvalue weighted by atomic mass is 9.89. The standard InChI is InChI=1S/C23H21F5N6O/c1-13-4-2-7-34(18(13)12-33-22-31-10-14(11-32-22)23(26,27)28)21(35)19-16(8-15(24)9-17(19)25)20-29-5-3-6-30-20/h3,5-6,8-11,13,18H,2,4,7,12H2,1H3,(H,31,32,33). The first-order chi connectivity index (χ1) is 16.6. The van der Waals surface area contributed by atoms with E-state index in [1.165, 1.54) is 23.4 Å². The van der Waals surface area contributed by atoms with E-state index in [9.17, 15) is 26.7 Å². The molecule has 1 aliphatic rings. The number of halogens is 5. The summed E-state index contributed by atoms with van der Waals surface area (Å²) in [5.74, 6) is -2.60. The van der Waals surface area contributed by atoms with Crippen LogP contribution in [0.15, 0.2) is 43.0 Å². The second-order valence-electron chi connectivity index (χ2n) is 8.24. The van der Waals surface area contributed by atoms with Crippen molar-refractivity contribution in [2.75, 3.05) is 18.4 Å². The second-order valence-corrected chi connectivity index (χ2v) is 8.24. The van der Waals surface area contributed by atoms with Crippen LogP contribution >= 0.6 is 0 Å². The Hall–Kier alpha value is -3.70.